The van der Waals surface area contributed by atoms with E-state index < -0.39 is 0 Å². The van der Waals surface area contributed by atoms with E-state index in [-0.39, 0.29) is 5.41 Å². The molecular weight excluding hydrogens is 238 g/mol. The molecule has 2 bridgehead atoms. The molecule has 1 aromatic carbocycles. The topological polar surface area (TPSA) is 52.5 Å². The van der Waals surface area contributed by atoms with Gasteiger partial charge in [-0.25, -0.2) is 0 Å². The van der Waals surface area contributed by atoms with Gasteiger partial charge in [0.1, 0.15) is 11.5 Å². The normalized spacial score (nSPS) is 27.3. The van der Waals surface area contributed by atoms with Crippen molar-refractivity contribution in [2.75, 3.05) is 6.54 Å². The summed E-state index contributed by atoms with van der Waals surface area (Å²) < 4.78 is 0. The number of piperidine rings is 1. The van der Waals surface area contributed by atoms with Gasteiger partial charge in [0.15, 0.2) is 0 Å². The average molecular weight is 253 g/mol. The van der Waals surface area contributed by atoms with Gasteiger partial charge in [-0.15, -0.1) is 0 Å². The number of aromatic hydroxyl groups is 1. The molecule has 1 atom stereocenters. The SMILES string of the molecule is OC1=CCC23CCNC(=Cc4cccc(O)c42)C3=C1. The predicted octanol–water partition coefficient (Wildman–Crippen LogP) is 2.75. The van der Waals surface area contributed by atoms with E-state index in [1.54, 1.807) is 6.07 Å². The maximum Gasteiger partial charge on any atom is 0.120 e. The number of rotatable bonds is 0. The molecule has 0 aromatic heterocycles. The van der Waals surface area contributed by atoms with E-state index in [0.29, 0.717) is 11.5 Å². The van der Waals surface area contributed by atoms with Crippen LogP contribution in [-0.4, -0.2) is 16.8 Å². The summed E-state index contributed by atoms with van der Waals surface area (Å²) in [6, 6.07) is 5.67. The Hall–Kier alpha value is -2.16. The van der Waals surface area contributed by atoms with Gasteiger partial charge in [-0.05, 0) is 48.3 Å². The van der Waals surface area contributed by atoms with E-state index in [9.17, 15) is 10.2 Å². The van der Waals surface area contributed by atoms with Crippen LogP contribution in [0.2, 0.25) is 0 Å². The minimum Gasteiger partial charge on any atom is -0.508 e. The zero-order valence-electron chi connectivity index (χ0n) is 10.5. The molecular formula is C16H15NO2. The summed E-state index contributed by atoms with van der Waals surface area (Å²) in [5.41, 5.74) is 4.09. The fourth-order valence-electron chi connectivity index (χ4n) is 3.66. The smallest absolute Gasteiger partial charge is 0.120 e. The first kappa shape index (κ1) is 10.7. The number of benzene rings is 1. The van der Waals surface area contributed by atoms with Crippen molar-refractivity contribution in [2.24, 2.45) is 0 Å². The lowest BCUT2D eigenvalue weighted by Crippen LogP contribution is -2.44. The van der Waals surface area contributed by atoms with E-state index in [1.165, 1.54) is 0 Å². The number of hydrogen-bond acceptors (Lipinski definition) is 3. The highest BCUT2D eigenvalue weighted by Crippen LogP contribution is 2.53. The number of aliphatic hydroxyl groups is 1. The highest BCUT2D eigenvalue weighted by Gasteiger charge is 2.46. The average Bonchev–Trinajstić information content (AvgIpc) is 2.38. The van der Waals surface area contributed by atoms with Gasteiger partial charge in [0.25, 0.3) is 0 Å². The van der Waals surface area contributed by atoms with E-state index in [2.05, 4.69) is 11.4 Å². The van der Waals surface area contributed by atoms with E-state index in [0.717, 1.165) is 41.8 Å². The summed E-state index contributed by atoms with van der Waals surface area (Å²) in [5, 5.41) is 23.5. The fourth-order valence-corrected chi connectivity index (χ4v) is 3.66. The molecule has 0 amide bonds. The molecule has 1 aromatic rings. The van der Waals surface area contributed by atoms with Crippen LogP contribution in [0.1, 0.15) is 24.0 Å². The van der Waals surface area contributed by atoms with Crippen molar-refractivity contribution in [3.8, 4) is 5.75 Å². The van der Waals surface area contributed by atoms with Gasteiger partial charge in [-0.1, -0.05) is 12.1 Å². The summed E-state index contributed by atoms with van der Waals surface area (Å²) >= 11 is 0. The van der Waals surface area contributed by atoms with Gasteiger partial charge >= 0.3 is 0 Å². The molecule has 1 fully saturated rings. The molecule has 2 aliphatic carbocycles. The number of phenolic OH excluding ortho intramolecular Hbond substituents is 1. The molecule has 3 nitrogen and oxygen atoms in total. The maximum atomic E-state index is 10.3. The van der Waals surface area contributed by atoms with Crippen LogP contribution in [0.3, 0.4) is 0 Å². The summed E-state index contributed by atoms with van der Waals surface area (Å²) in [4.78, 5) is 0. The number of nitrogens with one attached hydrogen (secondary N) is 1. The van der Waals surface area contributed by atoms with Crippen molar-refractivity contribution >= 4 is 6.08 Å². The first-order chi connectivity index (χ1) is 9.21. The molecule has 3 aliphatic rings. The predicted molar refractivity (Wildman–Crippen MR) is 73.8 cm³/mol. The highest BCUT2D eigenvalue weighted by molar-refractivity contribution is 5.75. The Morgan fingerprint density at radius 3 is 2.95 bits per heavy atom. The molecule has 0 radical (unpaired) electrons. The molecule has 3 heteroatoms. The maximum absolute atomic E-state index is 10.3. The minimum absolute atomic E-state index is 0.178. The van der Waals surface area contributed by atoms with Crippen LogP contribution in [-0.2, 0) is 5.41 Å². The van der Waals surface area contributed by atoms with Crippen molar-refractivity contribution in [3.05, 3.63) is 58.5 Å². The number of aliphatic hydroxyl groups excluding tert-OH is 1. The molecule has 0 spiro atoms. The van der Waals surface area contributed by atoms with Crippen LogP contribution in [0, 0.1) is 0 Å². The number of phenols is 1. The minimum atomic E-state index is -0.178. The number of allylic oxidation sites excluding steroid dienone is 3. The summed E-state index contributed by atoms with van der Waals surface area (Å²) in [6.45, 7) is 0.894. The lowest BCUT2D eigenvalue weighted by Gasteiger charge is -2.46. The van der Waals surface area contributed by atoms with Crippen LogP contribution in [0.5, 0.6) is 5.75 Å². The van der Waals surface area contributed by atoms with Gasteiger partial charge in [0.05, 0.1) is 0 Å². The van der Waals surface area contributed by atoms with Crippen LogP contribution in [0.4, 0.5) is 0 Å². The molecule has 1 heterocycles. The largest absolute Gasteiger partial charge is 0.508 e. The van der Waals surface area contributed by atoms with Gasteiger partial charge in [-0.2, -0.15) is 0 Å². The Kier molecular flexibility index (Phi) is 1.94. The van der Waals surface area contributed by atoms with Crippen molar-refractivity contribution in [1.82, 2.24) is 5.32 Å². The second-order valence-electron chi connectivity index (χ2n) is 5.45. The van der Waals surface area contributed by atoms with Gasteiger partial charge < -0.3 is 15.5 Å². The van der Waals surface area contributed by atoms with Gasteiger partial charge in [-0.3, -0.25) is 0 Å². The Morgan fingerprint density at radius 2 is 2.05 bits per heavy atom. The third kappa shape index (κ3) is 1.27. The lowest BCUT2D eigenvalue weighted by atomic mass is 9.61. The molecule has 1 saturated heterocycles. The van der Waals surface area contributed by atoms with Gasteiger partial charge in [0, 0.05) is 23.2 Å². The molecule has 1 unspecified atom stereocenters. The summed E-state index contributed by atoms with van der Waals surface area (Å²) in [6.07, 6.45) is 7.43. The summed E-state index contributed by atoms with van der Waals surface area (Å²) in [7, 11) is 0. The standard InChI is InChI=1S/C16H15NO2/c18-11-4-5-16-6-7-17-13(12(16)9-11)8-10-2-1-3-14(19)15(10)16/h1-4,8-9,17-19H,5-7H2. The van der Waals surface area contributed by atoms with Crippen LogP contribution >= 0.6 is 0 Å². The molecule has 19 heavy (non-hydrogen) atoms. The first-order valence-corrected chi connectivity index (χ1v) is 6.60. The lowest BCUT2D eigenvalue weighted by molar-refractivity contribution is 0.364. The van der Waals surface area contributed by atoms with Crippen LogP contribution < -0.4 is 5.32 Å². The molecule has 4 rings (SSSR count). The Morgan fingerprint density at radius 1 is 1.16 bits per heavy atom. The van der Waals surface area contributed by atoms with Crippen LogP contribution in [0.15, 0.2) is 47.4 Å². The van der Waals surface area contributed by atoms with Crippen molar-refractivity contribution < 1.29 is 10.2 Å². The van der Waals surface area contributed by atoms with E-state index in [4.69, 9.17) is 0 Å². The van der Waals surface area contributed by atoms with Crippen molar-refractivity contribution in [1.29, 1.82) is 0 Å². The van der Waals surface area contributed by atoms with E-state index >= 15 is 0 Å². The quantitative estimate of drug-likeness (QED) is 0.666. The molecule has 0 saturated carbocycles. The van der Waals surface area contributed by atoms with Crippen molar-refractivity contribution in [2.45, 2.75) is 18.3 Å². The second-order valence-corrected chi connectivity index (χ2v) is 5.45. The Bertz CT molecular complexity index is 669. The highest BCUT2D eigenvalue weighted by atomic mass is 16.3. The van der Waals surface area contributed by atoms with Crippen LogP contribution in [0.25, 0.3) is 6.08 Å². The zero-order chi connectivity index (χ0) is 13.0. The zero-order valence-corrected chi connectivity index (χ0v) is 10.5. The first-order valence-electron chi connectivity index (χ1n) is 6.60. The Balaban J connectivity index is 2.07. The fraction of sp³-hybridized carbons (Fsp3) is 0.250. The molecule has 3 N–H and O–H groups in total. The Labute approximate surface area is 111 Å². The monoisotopic (exact) mass is 253 g/mol. The van der Waals surface area contributed by atoms with E-state index in [1.807, 2.05) is 24.3 Å². The third-order valence-electron chi connectivity index (χ3n) is 4.48. The van der Waals surface area contributed by atoms with Gasteiger partial charge in [0.2, 0.25) is 0 Å². The molecule has 96 valence electrons. The molecule has 1 aliphatic heterocycles. The second kappa shape index (κ2) is 3.44. The van der Waals surface area contributed by atoms with Crippen molar-refractivity contribution in [3.63, 3.8) is 0 Å². The number of fused-ring (bicyclic) bond motifs is 1. The number of hydrogen-bond donors (Lipinski definition) is 3. The third-order valence-corrected chi connectivity index (χ3v) is 4.48. The summed E-state index contributed by atoms with van der Waals surface area (Å²) in [5.74, 6) is 0.675.